The van der Waals surface area contributed by atoms with E-state index in [0.717, 1.165) is 0 Å². The molecule has 2 heterocycles. The Labute approximate surface area is 218 Å². The van der Waals surface area contributed by atoms with Crippen LogP contribution < -0.4 is 15.4 Å². The highest BCUT2D eigenvalue weighted by Crippen LogP contribution is 2.25. The molecule has 0 saturated carbocycles. The number of hydrogen-bond acceptors (Lipinski definition) is 5. The number of halogens is 6. The van der Waals surface area contributed by atoms with E-state index < -0.39 is 86.3 Å². The Morgan fingerprint density at radius 3 is 2.15 bits per heavy atom. The summed E-state index contributed by atoms with van der Waals surface area (Å²) in [6.45, 7) is 0.543. The van der Waals surface area contributed by atoms with Crippen molar-refractivity contribution in [2.24, 2.45) is 0 Å². The molecule has 3 rings (SSSR count). The summed E-state index contributed by atoms with van der Waals surface area (Å²) in [7, 11) is -4.74. The van der Waals surface area contributed by atoms with Gasteiger partial charge in [0, 0.05) is 49.7 Å². The van der Waals surface area contributed by atoms with Crippen LogP contribution in [0.4, 0.5) is 32.0 Å². The molecule has 3 N–H and O–H groups in total. The number of anilines is 1. The topological polar surface area (TPSA) is 130 Å². The number of amides is 3. The van der Waals surface area contributed by atoms with E-state index in [-0.39, 0.29) is 32.5 Å². The van der Waals surface area contributed by atoms with Crippen molar-refractivity contribution in [1.29, 1.82) is 0 Å². The van der Waals surface area contributed by atoms with E-state index >= 15 is 4.39 Å². The largest absolute Gasteiger partial charge is 0.348 e. The van der Waals surface area contributed by atoms with E-state index in [9.17, 15) is 44.8 Å². The first-order valence-corrected chi connectivity index (χ1v) is 13.0. The van der Waals surface area contributed by atoms with Gasteiger partial charge in [0.1, 0.15) is 10.6 Å². The van der Waals surface area contributed by atoms with Gasteiger partial charge in [-0.25, -0.2) is 39.5 Å². The minimum absolute atomic E-state index is 0.00350. The van der Waals surface area contributed by atoms with Crippen molar-refractivity contribution < 1.29 is 49.1 Å². The second-order valence-electron chi connectivity index (χ2n) is 8.45. The number of carbonyl (C=O) groups excluding carboxylic acids is 3. The second-order valence-corrected chi connectivity index (χ2v) is 10.1. The van der Waals surface area contributed by atoms with Crippen LogP contribution in [0.2, 0.25) is 0 Å². The number of hydrogen-bond donors (Lipinski definition) is 3. The van der Waals surface area contributed by atoms with Crippen LogP contribution in [-0.4, -0.2) is 67.7 Å². The number of benzene rings is 1. The monoisotopic (exact) mass is 583 g/mol. The molecule has 0 unspecified atom stereocenters. The Morgan fingerprint density at radius 2 is 1.62 bits per heavy atom. The number of carbonyl (C=O) groups is 3. The van der Waals surface area contributed by atoms with E-state index in [0.29, 0.717) is 22.9 Å². The fourth-order valence-corrected chi connectivity index (χ4v) is 5.30. The molecule has 214 valence electrons. The first kappa shape index (κ1) is 29.9. The molecule has 1 fully saturated rings. The van der Waals surface area contributed by atoms with Gasteiger partial charge in [-0.05, 0) is 19.8 Å². The number of alkyl halides is 2. The predicted molar refractivity (Wildman–Crippen MR) is 123 cm³/mol. The summed E-state index contributed by atoms with van der Waals surface area (Å²) in [6.07, 6.45) is -2.60. The van der Waals surface area contributed by atoms with Crippen LogP contribution >= 0.6 is 0 Å². The van der Waals surface area contributed by atoms with Gasteiger partial charge in [-0.1, -0.05) is 0 Å². The van der Waals surface area contributed by atoms with Crippen molar-refractivity contribution in [3.63, 3.8) is 0 Å². The van der Waals surface area contributed by atoms with Crippen molar-refractivity contribution in [3.05, 3.63) is 47.3 Å². The second kappa shape index (κ2) is 12.1. The summed E-state index contributed by atoms with van der Waals surface area (Å²) < 4.78 is 110. The summed E-state index contributed by atoms with van der Waals surface area (Å²) in [5.41, 5.74) is -1.86. The molecule has 0 bridgehead atoms. The van der Waals surface area contributed by atoms with Crippen molar-refractivity contribution in [1.82, 2.24) is 19.5 Å². The summed E-state index contributed by atoms with van der Waals surface area (Å²) in [6, 6.07) is -0.109. The molecule has 2 aromatic rings. The molecule has 1 aromatic heterocycles. The third-order valence-electron chi connectivity index (χ3n) is 5.70. The Bertz CT molecular complexity index is 1350. The Morgan fingerprint density at radius 1 is 1.03 bits per heavy atom. The zero-order valence-corrected chi connectivity index (χ0v) is 21.1. The van der Waals surface area contributed by atoms with Gasteiger partial charge < -0.3 is 20.1 Å². The molecule has 39 heavy (non-hydrogen) atoms. The molecule has 1 aliphatic rings. The summed E-state index contributed by atoms with van der Waals surface area (Å²) in [5.74, 6) is -10.1. The van der Waals surface area contributed by atoms with Crippen LogP contribution in [-0.2, 0) is 26.2 Å². The number of nitrogens with one attached hydrogen (secondary N) is 3. The van der Waals surface area contributed by atoms with Crippen LogP contribution in [0.5, 0.6) is 0 Å². The number of rotatable bonds is 8. The standard InChI is InChI=1S/C22H23F6N5O5S/c1-2-29-21(35)22(36)32-5-3-11(4-6-32)31-39(37,38)15-9-33(10-16(25)26)19(18(15)28)20(34)30-12-7-13(23)17(27)14(24)8-12/h7-9,11,16,31H,2-6,10H2,1H3,(H,29,35)(H,30,34). The van der Waals surface area contributed by atoms with Gasteiger partial charge >= 0.3 is 11.8 Å². The lowest BCUT2D eigenvalue weighted by Gasteiger charge is -2.31. The van der Waals surface area contributed by atoms with E-state index in [1.807, 2.05) is 5.32 Å². The first-order chi connectivity index (χ1) is 18.2. The van der Waals surface area contributed by atoms with E-state index in [1.54, 1.807) is 6.92 Å². The first-order valence-electron chi connectivity index (χ1n) is 11.5. The van der Waals surface area contributed by atoms with E-state index in [2.05, 4.69) is 10.0 Å². The SMILES string of the molecule is CCNC(=O)C(=O)N1CCC(NS(=O)(=O)c2cn(CC(F)F)c(C(=O)Nc3cc(F)c(F)c(F)c3)c2F)CC1. The third kappa shape index (κ3) is 6.89. The Kier molecular flexibility index (Phi) is 9.26. The fraction of sp³-hybridized carbons (Fsp3) is 0.409. The quantitative estimate of drug-likeness (QED) is 0.249. The van der Waals surface area contributed by atoms with Gasteiger partial charge in [0.05, 0.1) is 6.54 Å². The molecule has 0 spiro atoms. The maximum atomic E-state index is 15.2. The number of aromatic nitrogens is 1. The highest BCUT2D eigenvalue weighted by Gasteiger charge is 2.34. The van der Waals surface area contributed by atoms with Crippen LogP contribution in [0.25, 0.3) is 0 Å². The summed E-state index contributed by atoms with van der Waals surface area (Å²) >= 11 is 0. The van der Waals surface area contributed by atoms with Gasteiger partial charge in [0.15, 0.2) is 23.3 Å². The highest BCUT2D eigenvalue weighted by molar-refractivity contribution is 7.89. The lowest BCUT2D eigenvalue weighted by atomic mass is 10.1. The van der Waals surface area contributed by atoms with Gasteiger partial charge in [-0.15, -0.1) is 0 Å². The van der Waals surface area contributed by atoms with Gasteiger partial charge in [-0.3, -0.25) is 14.4 Å². The van der Waals surface area contributed by atoms with Gasteiger partial charge in [0.25, 0.3) is 12.3 Å². The number of likely N-dealkylation sites (N-methyl/N-ethyl adjacent to an activating group) is 1. The molecule has 1 aromatic carbocycles. The number of piperidine rings is 1. The van der Waals surface area contributed by atoms with Crippen molar-refractivity contribution in [2.75, 3.05) is 25.0 Å². The van der Waals surface area contributed by atoms with Crippen LogP contribution in [0, 0.1) is 23.3 Å². The molecular formula is C22H23F6N5O5S. The minimum Gasteiger partial charge on any atom is -0.348 e. The maximum Gasteiger partial charge on any atom is 0.311 e. The molecule has 1 aliphatic heterocycles. The highest BCUT2D eigenvalue weighted by atomic mass is 32.2. The van der Waals surface area contributed by atoms with E-state index in [1.165, 1.54) is 4.90 Å². The Hall–Kier alpha value is -3.60. The maximum absolute atomic E-state index is 15.2. The van der Waals surface area contributed by atoms with Crippen LogP contribution in [0.1, 0.15) is 30.3 Å². The molecule has 0 radical (unpaired) electrons. The van der Waals surface area contributed by atoms with Crippen molar-refractivity contribution >= 4 is 33.4 Å². The zero-order chi connectivity index (χ0) is 29.1. The minimum atomic E-state index is -4.74. The average molecular weight is 584 g/mol. The van der Waals surface area contributed by atoms with Crippen LogP contribution in [0.15, 0.2) is 23.2 Å². The molecule has 17 heteroatoms. The third-order valence-corrected chi connectivity index (χ3v) is 7.21. The number of nitrogens with zero attached hydrogens (tertiary/aromatic N) is 2. The molecule has 1 saturated heterocycles. The van der Waals surface area contributed by atoms with Crippen LogP contribution in [0.3, 0.4) is 0 Å². The fourth-order valence-electron chi connectivity index (χ4n) is 3.90. The summed E-state index contributed by atoms with van der Waals surface area (Å²) in [4.78, 5) is 36.5. The lowest BCUT2D eigenvalue weighted by Crippen LogP contribution is -2.50. The lowest BCUT2D eigenvalue weighted by molar-refractivity contribution is -0.146. The van der Waals surface area contributed by atoms with Gasteiger partial charge in [-0.2, -0.15) is 0 Å². The van der Waals surface area contributed by atoms with Crippen molar-refractivity contribution in [3.8, 4) is 0 Å². The smallest absolute Gasteiger partial charge is 0.311 e. The summed E-state index contributed by atoms with van der Waals surface area (Å²) in [5, 5.41) is 4.17. The molecular weight excluding hydrogens is 560 g/mol. The predicted octanol–water partition coefficient (Wildman–Crippen LogP) is 1.97. The molecule has 10 nitrogen and oxygen atoms in total. The van der Waals surface area contributed by atoms with E-state index in [4.69, 9.17) is 0 Å². The number of sulfonamides is 1. The average Bonchev–Trinajstić information content (AvgIpc) is 3.18. The Balaban J connectivity index is 1.81. The normalized spacial score (nSPS) is 14.5. The van der Waals surface area contributed by atoms with Crippen molar-refractivity contribution in [2.45, 2.75) is 43.7 Å². The molecule has 0 atom stereocenters. The molecule has 3 amide bonds. The van der Waals surface area contributed by atoms with Gasteiger partial charge in [0.2, 0.25) is 10.0 Å². The zero-order valence-electron chi connectivity index (χ0n) is 20.2. The molecule has 0 aliphatic carbocycles. The number of likely N-dealkylation sites (tertiary alicyclic amines) is 1.